The van der Waals surface area contributed by atoms with Crippen molar-refractivity contribution in [3.8, 4) is 0 Å². The maximum absolute atomic E-state index is 4.65. The van der Waals surface area contributed by atoms with E-state index in [-0.39, 0.29) is 0 Å². The Morgan fingerprint density at radius 3 is 2.83 bits per heavy atom. The first-order chi connectivity index (χ1) is 8.81. The molecule has 3 nitrogen and oxygen atoms in total. The molecule has 106 valence electrons. The topological polar surface area (TPSA) is 36.4 Å². The van der Waals surface area contributed by atoms with E-state index < -0.39 is 0 Å². The van der Waals surface area contributed by atoms with Crippen LogP contribution in [0.3, 0.4) is 0 Å². The van der Waals surface area contributed by atoms with Crippen molar-refractivity contribution < 1.29 is 0 Å². The van der Waals surface area contributed by atoms with Crippen LogP contribution in [0.2, 0.25) is 0 Å². The first kappa shape index (κ1) is 15.7. The second kappa shape index (κ2) is 9.54. The zero-order chi connectivity index (χ0) is 13.2. The third-order valence-electron chi connectivity index (χ3n) is 3.27. The van der Waals surface area contributed by atoms with Crippen LogP contribution in [0.15, 0.2) is 4.99 Å². The molecule has 0 aliphatic heterocycles. The van der Waals surface area contributed by atoms with Crippen LogP contribution in [0.4, 0.5) is 0 Å². The molecule has 1 saturated carbocycles. The maximum atomic E-state index is 4.65. The highest BCUT2D eigenvalue weighted by atomic mass is 32.2. The number of hydrogen-bond acceptors (Lipinski definition) is 2. The van der Waals surface area contributed by atoms with Crippen LogP contribution < -0.4 is 10.6 Å². The Labute approximate surface area is 117 Å². The number of hydrogen-bond donors (Lipinski definition) is 2. The summed E-state index contributed by atoms with van der Waals surface area (Å²) < 4.78 is 0. The molecule has 1 aliphatic rings. The van der Waals surface area contributed by atoms with Gasteiger partial charge in [-0.1, -0.05) is 13.3 Å². The normalized spacial score (nSPS) is 22.9. The molecule has 0 aromatic rings. The summed E-state index contributed by atoms with van der Waals surface area (Å²) in [5.74, 6) is 3.15. The minimum Gasteiger partial charge on any atom is -0.357 e. The average Bonchev–Trinajstić information content (AvgIpc) is 3.08. The molecule has 1 rings (SSSR count). The maximum Gasteiger partial charge on any atom is 0.191 e. The quantitative estimate of drug-likeness (QED) is 0.385. The van der Waals surface area contributed by atoms with Crippen molar-refractivity contribution in [1.29, 1.82) is 0 Å². The Balaban J connectivity index is 2.20. The van der Waals surface area contributed by atoms with Gasteiger partial charge in [-0.05, 0) is 50.5 Å². The lowest BCUT2D eigenvalue weighted by atomic mass is 10.2. The SMILES string of the molecule is CCCC1CC1NC(=NCCCCSC)NCC. The second-order valence-electron chi connectivity index (χ2n) is 5.00. The number of guanidine groups is 1. The zero-order valence-corrected chi connectivity index (χ0v) is 13.0. The summed E-state index contributed by atoms with van der Waals surface area (Å²) in [6.07, 6.45) is 8.60. The van der Waals surface area contributed by atoms with Crippen LogP contribution in [0.5, 0.6) is 0 Å². The summed E-state index contributed by atoms with van der Waals surface area (Å²) in [7, 11) is 0. The number of thioether (sulfide) groups is 1. The van der Waals surface area contributed by atoms with Gasteiger partial charge >= 0.3 is 0 Å². The molecule has 0 aromatic heterocycles. The van der Waals surface area contributed by atoms with Gasteiger partial charge in [0.25, 0.3) is 0 Å². The fourth-order valence-electron chi connectivity index (χ4n) is 2.16. The summed E-state index contributed by atoms with van der Waals surface area (Å²) in [5, 5.41) is 6.89. The van der Waals surface area contributed by atoms with E-state index in [1.807, 2.05) is 11.8 Å². The number of aliphatic imine (C=N–C) groups is 1. The van der Waals surface area contributed by atoms with Gasteiger partial charge in [0.1, 0.15) is 0 Å². The molecule has 0 saturated heterocycles. The molecule has 0 amide bonds. The molecule has 2 atom stereocenters. The molecular weight excluding hydrogens is 242 g/mol. The zero-order valence-electron chi connectivity index (χ0n) is 12.2. The predicted octanol–water partition coefficient (Wildman–Crippen LogP) is 2.87. The van der Waals surface area contributed by atoms with Gasteiger partial charge < -0.3 is 10.6 Å². The van der Waals surface area contributed by atoms with Crippen molar-refractivity contribution in [2.24, 2.45) is 10.9 Å². The Morgan fingerprint density at radius 2 is 2.17 bits per heavy atom. The lowest BCUT2D eigenvalue weighted by molar-refractivity contribution is 0.654. The first-order valence-electron chi connectivity index (χ1n) is 7.35. The third-order valence-corrected chi connectivity index (χ3v) is 3.97. The molecule has 0 heterocycles. The Bertz CT molecular complexity index is 243. The monoisotopic (exact) mass is 271 g/mol. The van der Waals surface area contributed by atoms with E-state index >= 15 is 0 Å². The molecule has 1 aliphatic carbocycles. The van der Waals surface area contributed by atoms with Gasteiger partial charge in [-0.15, -0.1) is 0 Å². The van der Waals surface area contributed by atoms with Gasteiger partial charge in [-0.25, -0.2) is 0 Å². The molecule has 2 N–H and O–H groups in total. The van der Waals surface area contributed by atoms with Gasteiger partial charge in [0.15, 0.2) is 5.96 Å². The summed E-state index contributed by atoms with van der Waals surface area (Å²) in [5.41, 5.74) is 0. The van der Waals surface area contributed by atoms with E-state index in [2.05, 4.69) is 35.7 Å². The summed E-state index contributed by atoms with van der Waals surface area (Å²) in [4.78, 5) is 4.65. The largest absolute Gasteiger partial charge is 0.357 e. The van der Waals surface area contributed by atoms with Gasteiger partial charge in [0, 0.05) is 19.1 Å². The van der Waals surface area contributed by atoms with E-state index in [0.717, 1.165) is 25.0 Å². The van der Waals surface area contributed by atoms with Crippen LogP contribution >= 0.6 is 11.8 Å². The number of nitrogens with zero attached hydrogens (tertiary/aromatic N) is 1. The van der Waals surface area contributed by atoms with E-state index in [9.17, 15) is 0 Å². The summed E-state index contributed by atoms with van der Waals surface area (Å²) >= 11 is 1.92. The van der Waals surface area contributed by atoms with Crippen molar-refractivity contribution in [2.75, 3.05) is 25.1 Å². The first-order valence-corrected chi connectivity index (χ1v) is 8.75. The minimum atomic E-state index is 0.675. The van der Waals surface area contributed by atoms with Crippen LogP contribution in [0.1, 0.15) is 46.0 Å². The summed E-state index contributed by atoms with van der Waals surface area (Å²) in [6, 6.07) is 0.675. The lowest BCUT2D eigenvalue weighted by Gasteiger charge is -2.11. The molecule has 0 bridgehead atoms. The van der Waals surface area contributed by atoms with E-state index in [4.69, 9.17) is 0 Å². The van der Waals surface area contributed by atoms with E-state index in [1.165, 1.54) is 37.9 Å². The highest BCUT2D eigenvalue weighted by Crippen LogP contribution is 2.34. The van der Waals surface area contributed by atoms with Gasteiger partial charge in [-0.2, -0.15) is 11.8 Å². The van der Waals surface area contributed by atoms with Gasteiger partial charge in [-0.3, -0.25) is 4.99 Å². The van der Waals surface area contributed by atoms with Gasteiger partial charge in [0.2, 0.25) is 0 Å². The molecule has 0 radical (unpaired) electrons. The van der Waals surface area contributed by atoms with Crippen molar-refractivity contribution in [2.45, 2.75) is 52.0 Å². The molecule has 4 heteroatoms. The Kier molecular flexibility index (Phi) is 8.31. The van der Waals surface area contributed by atoms with E-state index in [0.29, 0.717) is 6.04 Å². The fraction of sp³-hybridized carbons (Fsp3) is 0.929. The Hall–Kier alpha value is -0.380. The smallest absolute Gasteiger partial charge is 0.191 e. The van der Waals surface area contributed by atoms with Crippen molar-refractivity contribution in [3.63, 3.8) is 0 Å². The van der Waals surface area contributed by atoms with Crippen LogP contribution in [-0.4, -0.2) is 37.1 Å². The van der Waals surface area contributed by atoms with Crippen molar-refractivity contribution >= 4 is 17.7 Å². The van der Waals surface area contributed by atoms with E-state index in [1.54, 1.807) is 0 Å². The number of unbranched alkanes of at least 4 members (excludes halogenated alkanes) is 1. The average molecular weight is 271 g/mol. The molecule has 18 heavy (non-hydrogen) atoms. The van der Waals surface area contributed by atoms with Crippen LogP contribution in [0, 0.1) is 5.92 Å². The molecule has 1 fully saturated rings. The van der Waals surface area contributed by atoms with Crippen molar-refractivity contribution in [1.82, 2.24) is 10.6 Å². The van der Waals surface area contributed by atoms with Gasteiger partial charge in [0.05, 0.1) is 0 Å². The standard InChI is InChI=1S/C14H29N3S/c1-4-8-12-11-13(12)17-14(15-5-2)16-9-6-7-10-18-3/h12-13H,4-11H2,1-3H3,(H2,15,16,17). The predicted molar refractivity (Wildman–Crippen MR) is 83.5 cm³/mol. The lowest BCUT2D eigenvalue weighted by Crippen LogP contribution is -2.39. The third kappa shape index (κ3) is 6.53. The molecule has 0 aromatic carbocycles. The summed E-state index contributed by atoms with van der Waals surface area (Å²) in [6.45, 7) is 6.28. The second-order valence-corrected chi connectivity index (χ2v) is 5.98. The molecule has 2 unspecified atom stereocenters. The molecular formula is C14H29N3S. The minimum absolute atomic E-state index is 0.675. The van der Waals surface area contributed by atoms with Crippen LogP contribution in [0.25, 0.3) is 0 Å². The molecule has 0 spiro atoms. The fourth-order valence-corrected chi connectivity index (χ4v) is 2.65. The highest BCUT2D eigenvalue weighted by molar-refractivity contribution is 7.98. The Morgan fingerprint density at radius 1 is 1.33 bits per heavy atom. The van der Waals surface area contributed by atoms with Crippen molar-refractivity contribution in [3.05, 3.63) is 0 Å². The number of rotatable bonds is 9. The number of nitrogens with one attached hydrogen (secondary N) is 2. The highest BCUT2D eigenvalue weighted by Gasteiger charge is 2.36. The van der Waals surface area contributed by atoms with Crippen LogP contribution in [-0.2, 0) is 0 Å².